The summed E-state index contributed by atoms with van der Waals surface area (Å²) in [6, 6.07) is -0.556. The molecule has 0 saturated carbocycles. The summed E-state index contributed by atoms with van der Waals surface area (Å²) in [7, 11) is 0. The van der Waals surface area contributed by atoms with Gasteiger partial charge in [0.25, 0.3) is 0 Å². The Morgan fingerprint density at radius 1 is 1.42 bits per heavy atom. The molecular weight excluding hydrogens is 158 g/mol. The van der Waals surface area contributed by atoms with Crippen LogP contribution in [0.4, 0.5) is 0 Å². The van der Waals surface area contributed by atoms with Gasteiger partial charge >= 0.3 is 0 Å². The molecule has 0 rings (SSSR count). The predicted molar refractivity (Wildman–Crippen MR) is 45.5 cm³/mol. The molecule has 0 radical (unpaired) electrons. The summed E-state index contributed by atoms with van der Waals surface area (Å²) in [5, 5.41) is 20.3. The van der Waals surface area contributed by atoms with E-state index in [1.165, 1.54) is 6.92 Å². The molecule has 1 amide bonds. The van der Waals surface area contributed by atoms with Crippen molar-refractivity contribution in [1.29, 1.82) is 0 Å². The molecule has 4 nitrogen and oxygen atoms in total. The Hall–Kier alpha value is -0.610. The lowest BCUT2D eigenvalue weighted by Gasteiger charge is -2.19. The summed E-state index contributed by atoms with van der Waals surface area (Å²) < 4.78 is 0. The molecule has 0 bridgehead atoms. The van der Waals surface area contributed by atoms with Gasteiger partial charge in [-0.2, -0.15) is 0 Å². The third-order valence-electron chi connectivity index (χ3n) is 1.63. The van der Waals surface area contributed by atoms with Crippen molar-refractivity contribution in [2.45, 2.75) is 32.9 Å². The minimum Gasteiger partial charge on any atom is -0.394 e. The van der Waals surface area contributed by atoms with Crippen LogP contribution < -0.4 is 5.32 Å². The molecule has 2 atom stereocenters. The van der Waals surface area contributed by atoms with Crippen LogP contribution in [0.3, 0.4) is 0 Å². The highest BCUT2D eigenvalue weighted by atomic mass is 16.3. The molecule has 3 N–H and O–H groups in total. The summed E-state index contributed by atoms with van der Waals surface area (Å²) in [6.45, 7) is 4.80. The predicted octanol–water partition coefficient (Wildman–Crippen LogP) is -0.500. The molecule has 0 aliphatic rings. The number of aliphatic hydroxyl groups excluding tert-OH is 2. The molecule has 0 fully saturated rings. The molecule has 0 aromatic rings. The zero-order valence-corrected chi connectivity index (χ0v) is 7.74. The third-order valence-corrected chi connectivity index (χ3v) is 1.63. The van der Waals surface area contributed by atoms with Crippen LogP contribution in [0.25, 0.3) is 0 Å². The van der Waals surface area contributed by atoms with Crippen molar-refractivity contribution in [3.8, 4) is 0 Å². The lowest BCUT2D eigenvalue weighted by atomic mass is 10.1. The minimum atomic E-state index is -0.724. The third kappa shape index (κ3) is 3.69. The van der Waals surface area contributed by atoms with E-state index in [2.05, 4.69) is 5.32 Å². The highest BCUT2D eigenvalue weighted by Gasteiger charge is 2.17. The molecule has 0 heterocycles. The van der Waals surface area contributed by atoms with E-state index in [4.69, 9.17) is 10.2 Å². The van der Waals surface area contributed by atoms with E-state index in [9.17, 15) is 4.79 Å². The molecule has 72 valence electrons. The fourth-order valence-electron chi connectivity index (χ4n) is 0.668. The van der Waals surface area contributed by atoms with Gasteiger partial charge in [-0.3, -0.25) is 4.79 Å². The number of aliphatic hydroxyl groups is 2. The van der Waals surface area contributed by atoms with Gasteiger partial charge in [0.05, 0.1) is 18.8 Å². The minimum absolute atomic E-state index is 0.127. The van der Waals surface area contributed by atoms with Crippen LogP contribution in [0.1, 0.15) is 20.8 Å². The van der Waals surface area contributed by atoms with Gasteiger partial charge in [-0.25, -0.2) is 0 Å². The first kappa shape index (κ1) is 11.4. The fourth-order valence-corrected chi connectivity index (χ4v) is 0.668. The van der Waals surface area contributed by atoms with Crippen molar-refractivity contribution >= 4 is 5.91 Å². The molecular formula is C8H17NO3. The number of carbonyl (C=O) groups is 1. The second-order valence-corrected chi connectivity index (χ2v) is 3.19. The molecule has 2 unspecified atom stereocenters. The summed E-state index contributed by atoms with van der Waals surface area (Å²) >= 11 is 0. The molecule has 4 heteroatoms. The quantitative estimate of drug-likeness (QED) is 0.539. The number of rotatable bonds is 4. The van der Waals surface area contributed by atoms with Crippen LogP contribution in [-0.4, -0.2) is 34.9 Å². The maximum atomic E-state index is 11.1. The van der Waals surface area contributed by atoms with E-state index < -0.39 is 12.1 Å². The van der Waals surface area contributed by atoms with Crippen LogP contribution >= 0.6 is 0 Å². The van der Waals surface area contributed by atoms with E-state index in [0.717, 1.165) is 0 Å². The zero-order valence-electron chi connectivity index (χ0n) is 7.74. The molecule has 0 aliphatic heterocycles. The van der Waals surface area contributed by atoms with Gasteiger partial charge < -0.3 is 15.5 Å². The Morgan fingerprint density at radius 3 is 2.17 bits per heavy atom. The lowest BCUT2D eigenvalue weighted by molar-refractivity contribution is -0.125. The summed E-state index contributed by atoms with van der Waals surface area (Å²) in [5.41, 5.74) is 0. The lowest BCUT2D eigenvalue weighted by Crippen LogP contribution is -2.46. The second-order valence-electron chi connectivity index (χ2n) is 3.19. The van der Waals surface area contributed by atoms with Crippen molar-refractivity contribution in [2.24, 2.45) is 5.92 Å². The van der Waals surface area contributed by atoms with Crippen LogP contribution in [0.15, 0.2) is 0 Å². The monoisotopic (exact) mass is 175 g/mol. The normalized spacial score (nSPS) is 15.8. The summed E-state index contributed by atoms with van der Waals surface area (Å²) in [6.07, 6.45) is -0.724. The fraction of sp³-hybridized carbons (Fsp3) is 0.875. The van der Waals surface area contributed by atoms with Crippen molar-refractivity contribution in [1.82, 2.24) is 5.32 Å². The van der Waals surface area contributed by atoms with Gasteiger partial charge in [-0.1, -0.05) is 13.8 Å². The topological polar surface area (TPSA) is 69.6 Å². The Morgan fingerprint density at radius 2 is 1.92 bits per heavy atom. The molecule has 12 heavy (non-hydrogen) atoms. The average Bonchev–Trinajstić information content (AvgIpc) is 1.98. The maximum Gasteiger partial charge on any atom is 0.222 e. The van der Waals surface area contributed by atoms with Gasteiger partial charge in [-0.05, 0) is 6.92 Å². The number of hydrogen-bond acceptors (Lipinski definition) is 3. The standard InChI is InChI=1S/C8H17NO3/c1-5(2)8(12)9-7(4-10)6(3)11/h5-7,10-11H,4H2,1-3H3,(H,9,12). The van der Waals surface area contributed by atoms with E-state index in [1.54, 1.807) is 13.8 Å². The Kier molecular flexibility index (Phi) is 4.85. The number of nitrogens with one attached hydrogen (secondary N) is 1. The van der Waals surface area contributed by atoms with E-state index >= 15 is 0 Å². The Bertz CT molecular complexity index is 145. The highest BCUT2D eigenvalue weighted by molar-refractivity contribution is 5.78. The van der Waals surface area contributed by atoms with Crippen LogP contribution in [0.5, 0.6) is 0 Å². The number of hydrogen-bond donors (Lipinski definition) is 3. The van der Waals surface area contributed by atoms with Crippen molar-refractivity contribution in [2.75, 3.05) is 6.61 Å². The summed E-state index contributed by atoms with van der Waals surface area (Å²) in [5.74, 6) is -0.284. The van der Waals surface area contributed by atoms with E-state index in [1.807, 2.05) is 0 Å². The van der Waals surface area contributed by atoms with Gasteiger partial charge in [0, 0.05) is 5.92 Å². The first-order valence-corrected chi connectivity index (χ1v) is 4.08. The van der Waals surface area contributed by atoms with E-state index in [0.29, 0.717) is 0 Å². The molecule has 0 aromatic carbocycles. The number of carbonyl (C=O) groups excluding carboxylic acids is 1. The van der Waals surface area contributed by atoms with Gasteiger partial charge in [0.15, 0.2) is 0 Å². The van der Waals surface area contributed by atoms with Crippen molar-refractivity contribution in [3.05, 3.63) is 0 Å². The highest BCUT2D eigenvalue weighted by Crippen LogP contribution is 1.96. The van der Waals surface area contributed by atoms with E-state index in [-0.39, 0.29) is 18.4 Å². The van der Waals surface area contributed by atoms with Crippen LogP contribution in [0, 0.1) is 5.92 Å². The average molecular weight is 175 g/mol. The largest absolute Gasteiger partial charge is 0.394 e. The molecule has 0 aromatic heterocycles. The summed E-state index contributed by atoms with van der Waals surface area (Å²) in [4.78, 5) is 11.1. The zero-order chi connectivity index (χ0) is 9.72. The Labute approximate surface area is 72.6 Å². The Balaban J connectivity index is 3.94. The molecule has 0 aliphatic carbocycles. The second kappa shape index (κ2) is 5.11. The van der Waals surface area contributed by atoms with Gasteiger partial charge in [-0.15, -0.1) is 0 Å². The molecule has 0 saturated heterocycles. The maximum absolute atomic E-state index is 11.1. The molecule has 0 spiro atoms. The van der Waals surface area contributed by atoms with Crippen molar-refractivity contribution < 1.29 is 15.0 Å². The van der Waals surface area contributed by atoms with Gasteiger partial charge in [0.1, 0.15) is 0 Å². The SMILES string of the molecule is CC(C)C(=O)NC(CO)C(C)O. The smallest absolute Gasteiger partial charge is 0.222 e. The first-order valence-electron chi connectivity index (χ1n) is 4.08. The van der Waals surface area contributed by atoms with Crippen LogP contribution in [-0.2, 0) is 4.79 Å². The van der Waals surface area contributed by atoms with Crippen LogP contribution in [0.2, 0.25) is 0 Å². The van der Waals surface area contributed by atoms with Crippen molar-refractivity contribution in [3.63, 3.8) is 0 Å². The first-order chi connectivity index (χ1) is 5.49. The number of amides is 1. The van der Waals surface area contributed by atoms with Gasteiger partial charge in [0.2, 0.25) is 5.91 Å².